The minimum Gasteiger partial charge on any atom is -0.389 e. The van der Waals surface area contributed by atoms with Crippen LogP contribution in [0, 0.1) is 23.7 Å². The van der Waals surface area contributed by atoms with E-state index in [1.54, 1.807) is 13.8 Å². The Kier molecular flexibility index (Phi) is 4.36. The van der Waals surface area contributed by atoms with Crippen LogP contribution in [0.25, 0.3) is 0 Å². The van der Waals surface area contributed by atoms with Gasteiger partial charge in [0.2, 0.25) is 5.91 Å². The number of carbonyl (C=O) groups is 1. The Hall–Kier alpha value is -1.01. The molecule has 0 bridgehead atoms. The van der Waals surface area contributed by atoms with Gasteiger partial charge in [-0.05, 0) is 18.8 Å². The van der Waals surface area contributed by atoms with E-state index in [1.165, 1.54) is 0 Å². The highest BCUT2D eigenvalue weighted by molar-refractivity contribution is 5.77. The van der Waals surface area contributed by atoms with Crippen LogP contribution in [-0.2, 0) is 4.79 Å². The van der Waals surface area contributed by atoms with Crippen LogP contribution in [0.2, 0.25) is 0 Å². The zero-order valence-electron chi connectivity index (χ0n) is 10.0. The Bertz CT molecular complexity index is 274. The molecular weight excluding hydrogens is 190 g/mol. The number of hydrogen-bond donors (Lipinski definition) is 2. The van der Waals surface area contributed by atoms with Crippen molar-refractivity contribution in [2.24, 2.45) is 17.1 Å². The van der Waals surface area contributed by atoms with Crippen LogP contribution in [0.5, 0.6) is 0 Å². The largest absolute Gasteiger partial charge is 0.389 e. The summed E-state index contributed by atoms with van der Waals surface area (Å²) in [6.45, 7) is 7.19. The van der Waals surface area contributed by atoms with Crippen LogP contribution >= 0.6 is 0 Å². The summed E-state index contributed by atoms with van der Waals surface area (Å²) in [5.41, 5.74) is 3.88. The zero-order valence-corrected chi connectivity index (χ0v) is 10.0. The summed E-state index contributed by atoms with van der Waals surface area (Å²) < 4.78 is 0. The predicted octanol–water partition coefficient (Wildman–Crippen LogP) is 1.30. The fourth-order valence-electron chi connectivity index (χ4n) is 1.77. The summed E-state index contributed by atoms with van der Waals surface area (Å²) in [7, 11) is 0. The van der Waals surface area contributed by atoms with Gasteiger partial charge in [0.1, 0.15) is 0 Å². The van der Waals surface area contributed by atoms with Gasteiger partial charge in [0.25, 0.3) is 0 Å². The fourth-order valence-corrected chi connectivity index (χ4v) is 1.77. The number of carbonyl (C=O) groups excluding carboxylic acids is 1. The molecule has 0 aliphatic heterocycles. The first kappa shape index (κ1) is 14.0. The molecule has 2 atom stereocenters. The smallest absolute Gasteiger partial charge is 0.223 e. The Morgan fingerprint density at radius 1 is 1.53 bits per heavy atom. The number of primary amides is 1. The summed E-state index contributed by atoms with van der Waals surface area (Å²) >= 11 is 0. The molecule has 1 amide bonds. The van der Waals surface area contributed by atoms with E-state index in [9.17, 15) is 9.90 Å². The maximum atomic E-state index is 11.0. The lowest BCUT2D eigenvalue weighted by atomic mass is 9.74. The van der Waals surface area contributed by atoms with Crippen LogP contribution in [0.4, 0.5) is 0 Å². The molecule has 0 aromatic carbocycles. The normalized spacial score (nSPS) is 17.6. The van der Waals surface area contributed by atoms with E-state index < -0.39 is 17.4 Å². The van der Waals surface area contributed by atoms with Crippen molar-refractivity contribution in [3.05, 3.63) is 0 Å². The quantitative estimate of drug-likeness (QED) is 0.673. The summed E-state index contributed by atoms with van der Waals surface area (Å²) in [4.78, 5) is 11.0. The van der Waals surface area contributed by atoms with Gasteiger partial charge in [0.15, 0.2) is 0 Å². The van der Waals surface area contributed by atoms with E-state index in [4.69, 9.17) is 12.2 Å². The summed E-state index contributed by atoms with van der Waals surface area (Å²) in [5, 5.41) is 10.1. The van der Waals surface area contributed by atoms with Gasteiger partial charge in [-0.15, -0.1) is 12.3 Å². The van der Waals surface area contributed by atoms with Gasteiger partial charge in [0.05, 0.1) is 11.5 Å². The average molecular weight is 211 g/mol. The molecule has 3 nitrogen and oxygen atoms in total. The van der Waals surface area contributed by atoms with E-state index in [-0.39, 0.29) is 5.41 Å². The molecule has 0 rings (SSSR count). The summed E-state index contributed by atoms with van der Waals surface area (Å²) in [5.74, 6) is 1.51. The monoisotopic (exact) mass is 211 g/mol. The van der Waals surface area contributed by atoms with Gasteiger partial charge in [-0.1, -0.05) is 20.8 Å². The lowest BCUT2D eigenvalue weighted by Gasteiger charge is -2.35. The van der Waals surface area contributed by atoms with E-state index in [0.29, 0.717) is 12.8 Å². The third-order valence-electron chi connectivity index (χ3n) is 2.78. The first-order chi connectivity index (χ1) is 6.62. The second-order valence-electron chi connectivity index (χ2n) is 5.20. The first-order valence-electron chi connectivity index (χ1n) is 5.07. The second kappa shape index (κ2) is 4.67. The van der Waals surface area contributed by atoms with Crippen LogP contribution in [0.3, 0.4) is 0 Å². The predicted molar refractivity (Wildman–Crippen MR) is 60.8 cm³/mol. The minimum atomic E-state index is -1.10. The van der Waals surface area contributed by atoms with E-state index >= 15 is 0 Å². The molecule has 3 heteroatoms. The topological polar surface area (TPSA) is 63.3 Å². The Balaban J connectivity index is 4.64. The molecule has 0 saturated carbocycles. The van der Waals surface area contributed by atoms with Crippen molar-refractivity contribution < 1.29 is 9.90 Å². The molecule has 0 heterocycles. The molecular formula is C12H21NO2. The van der Waals surface area contributed by atoms with Crippen LogP contribution in [0.1, 0.15) is 40.5 Å². The van der Waals surface area contributed by atoms with E-state index in [2.05, 4.69) is 5.92 Å². The lowest BCUT2D eigenvalue weighted by molar-refractivity contribution is -0.131. The molecule has 0 aromatic rings. The van der Waals surface area contributed by atoms with Gasteiger partial charge < -0.3 is 10.8 Å². The van der Waals surface area contributed by atoms with Crippen LogP contribution < -0.4 is 5.73 Å². The highest BCUT2D eigenvalue weighted by Crippen LogP contribution is 2.34. The van der Waals surface area contributed by atoms with Crippen LogP contribution in [-0.4, -0.2) is 16.6 Å². The molecule has 0 spiro atoms. The van der Waals surface area contributed by atoms with E-state index in [1.807, 2.05) is 13.8 Å². The summed E-state index contributed by atoms with van der Waals surface area (Å²) in [6.07, 6.45) is 6.26. The van der Waals surface area contributed by atoms with Gasteiger partial charge >= 0.3 is 0 Å². The van der Waals surface area contributed by atoms with Gasteiger partial charge in [-0.25, -0.2) is 0 Å². The molecule has 3 N–H and O–H groups in total. The standard InChI is InChI=1S/C12H21NO2/c1-6-7-11(3,4)8-12(5,15)9(2)10(13)14/h1,9,15H,7-8H2,2-5H3,(H2,13,14). The molecule has 0 fully saturated rings. The molecule has 0 radical (unpaired) electrons. The summed E-state index contributed by atoms with van der Waals surface area (Å²) in [6, 6.07) is 0. The molecule has 0 saturated heterocycles. The number of nitrogens with two attached hydrogens (primary N) is 1. The number of hydrogen-bond acceptors (Lipinski definition) is 2. The van der Waals surface area contributed by atoms with E-state index in [0.717, 1.165) is 0 Å². The Morgan fingerprint density at radius 3 is 2.33 bits per heavy atom. The first-order valence-corrected chi connectivity index (χ1v) is 5.07. The Morgan fingerprint density at radius 2 is 2.00 bits per heavy atom. The average Bonchev–Trinajstić information content (AvgIpc) is 2.00. The van der Waals surface area contributed by atoms with Crippen LogP contribution in [0.15, 0.2) is 0 Å². The number of rotatable bonds is 5. The molecule has 0 aliphatic rings. The number of terminal acetylenes is 1. The molecule has 2 unspecified atom stereocenters. The maximum Gasteiger partial charge on any atom is 0.223 e. The van der Waals surface area contributed by atoms with Crippen molar-refractivity contribution in [1.82, 2.24) is 0 Å². The zero-order chi connectivity index (χ0) is 12.3. The molecule has 15 heavy (non-hydrogen) atoms. The van der Waals surface area contributed by atoms with Crippen molar-refractivity contribution in [2.75, 3.05) is 0 Å². The van der Waals surface area contributed by atoms with Crippen molar-refractivity contribution in [1.29, 1.82) is 0 Å². The third kappa shape index (κ3) is 4.35. The second-order valence-corrected chi connectivity index (χ2v) is 5.20. The fraction of sp³-hybridized carbons (Fsp3) is 0.750. The SMILES string of the molecule is C#CCC(C)(C)CC(C)(O)C(C)C(N)=O. The van der Waals surface area contributed by atoms with Gasteiger partial charge in [-0.3, -0.25) is 4.79 Å². The maximum absolute atomic E-state index is 11.0. The number of amides is 1. The number of aliphatic hydroxyl groups is 1. The highest BCUT2D eigenvalue weighted by atomic mass is 16.3. The Labute approximate surface area is 92.0 Å². The van der Waals surface area contributed by atoms with Crippen molar-refractivity contribution in [2.45, 2.75) is 46.1 Å². The highest BCUT2D eigenvalue weighted by Gasteiger charge is 2.37. The molecule has 0 aliphatic carbocycles. The van der Waals surface area contributed by atoms with Crippen molar-refractivity contribution in [3.63, 3.8) is 0 Å². The third-order valence-corrected chi connectivity index (χ3v) is 2.78. The lowest BCUT2D eigenvalue weighted by Crippen LogP contribution is -2.44. The molecule has 86 valence electrons. The molecule has 0 aromatic heterocycles. The van der Waals surface area contributed by atoms with Crippen molar-refractivity contribution >= 4 is 5.91 Å². The minimum absolute atomic E-state index is 0.192. The van der Waals surface area contributed by atoms with Gasteiger partial charge in [-0.2, -0.15) is 0 Å². The van der Waals surface area contributed by atoms with Crippen molar-refractivity contribution in [3.8, 4) is 12.3 Å². The van der Waals surface area contributed by atoms with Gasteiger partial charge in [0, 0.05) is 6.42 Å².